The second-order valence-corrected chi connectivity index (χ2v) is 11.5. The van der Waals surface area contributed by atoms with E-state index in [0.717, 1.165) is 17.0 Å². The maximum absolute atomic E-state index is 13.2. The largest absolute Gasteiger partial charge is 0.416 e. The predicted molar refractivity (Wildman–Crippen MR) is 144 cm³/mol. The molecule has 1 aliphatic heterocycles. The summed E-state index contributed by atoms with van der Waals surface area (Å²) in [7, 11) is -3.77. The first-order valence-corrected chi connectivity index (χ1v) is 14.7. The van der Waals surface area contributed by atoms with Crippen LogP contribution >= 0.6 is 11.8 Å². The maximum atomic E-state index is 13.2. The van der Waals surface area contributed by atoms with E-state index in [1.165, 1.54) is 22.1 Å². The van der Waals surface area contributed by atoms with E-state index >= 15 is 0 Å². The minimum Gasteiger partial charge on any atom is -0.368 e. The van der Waals surface area contributed by atoms with E-state index in [0.29, 0.717) is 43.1 Å². The average molecular weight is 564 g/mol. The number of hydrogen-bond donors (Lipinski definition) is 0. The van der Waals surface area contributed by atoms with Gasteiger partial charge in [-0.25, -0.2) is 8.42 Å². The lowest BCUT2D eigenvalue weighted by Gasteiger charge is -2.36. The summed E-state index contributed by atoms with van der Waals surface area (Å²) in [4.78, 5) is 17.7. The molecular weight excluding hydrogens is 535 g/mol. The number of amides is 1. The Morgan fingerprint density at radius 2 is 1.58 bits per heavy atom. The molecule has 3 aromatic carbocycles. The van der Waals surface area contributed by atoms with Crippen LogP contribution in [0.5, 0.6) is 0 Å². The maximum Gasteiger partial charge on any atom is 0.416 e. The molecule has 0 N–H and O–H groups in total. The fourth-order valence-corrected chi connectivity index (χ4v) is 6.25. The average Bonchev–Trinajstić information content (AvgIpc) is 2.93. The summed E-state index contributed by atoms with van der Waals surface area (Å²) in [6, 6.07) is 18.3. The number of piperazine rings is 1. The molecule has 1 heterocycles. The summed E-state index contributed by atoms with van der Waals surface area (Å²) in [6.07, 6.45) is -2.49. The lowest BCUT2D eigenvalue weighted by Crippen LogP contribution is -2.48. The second-order valence-electron chi connectivity index (χ2n) is 8.72. The van der Waals surface area contributed by atoms with Gasteiger partial charge in [0.2, 0.25) is 0 Å². The first-order valence-electron chi connectivity index (χ1n) is 12.0. The highest BCUT2D eigenvalue weighted by atomic mass is 32.2. The Balaban J connectivity index is 1.43. The topological polar surface area (TPSA) is 60.9 Å². The van der Waals surface area contributed by atoms with Gasteiger partial charge in [0.15, 0.2) is 0 Å². The van der Waals surface area contributed by atoms with Crippen LogP contribution in [0, 0.1) is 0 Å². The summed E-state index contributed by atoms with van der Waals surface area (Å²) in [6.45, 7) is 3.50. The molecule has 0 saturated carbocycles. The van der Waals surface area contributed by atoms with Crippen molar-refractivity contribution in [3.63, 3.8) is 0 Å². The molecule has 1 saturated heterocycles. The minimum atomic E-state index is -4.41. The molecule has 202 valence electrons. The number of thioether (sulfide) groups is 1. The lowest BCUT2D eigenvalue weighted by molar-refractivity contribution is -0.137. The number of rotatable bonds is 7. The van der Waals surface area contributed by atoms with Crippen LogP contribution in [0.3, 0.4) is 0 Å². The Kier molecular flexibility index (Phi) is 8.27. The van der Waals surface area contributed by atoms with Crippen molar-refractivity contribution < 1.29 is 26.4 Å². The standard InChI is InChI=1S/C27H28F3N3O3S2/c1-3-33(38(35,36)25-13-11-24(37-2)12-14-25)22-9-7-20(8-10-22)26(34)32-17-15-31(16-18-32)23-6-4-5-21(19-23)27(28,29)30/h4-14,19H,3,15-18H2,1-2H3. The van der Waals surface area contributed by atoms with Gasteiger partial charge < -0.3 is 9.80 Å². The quantitative estimate of drug-likeness (QED) is 0.350. The highest BCUT2D eigenvalue weighted by Crippen LogP contribution is 2.32. The zero-order valence-electron chi connectivity index (χ0n) is 21.0. The fourth-order valence-electron chi connectivity index (χ4n) is 4.37. The molecule has 0 spiro atoms. The van der Waals surface area contributed by atoms with Crippen LogP contribution in [0.2, 0.25) is 0 Å². The van der Waals surface area contributed by atoms with Gasteiger partial charge in [-0.05, 0) is 79.9 Å². The van der Waals surface area contributed by atoms with Crippen molar-refractivity contribution in [3.05, 3.63) is 83.9 Å². The van der Waals surface area contributed by atoms with Gasteiger partial charge in [0.1, 0.15) is 0 Å². The number of nitrogens with zero attached hydrogens (tertiary/aromatic N) is 3. The van der Waals surface area contributed by atoms with Crippen molar-refractivity contribution in [1.82, 2.24) is 4.90 Å². The Morgan fingerprint density at radius 3 is 2.13 bits per heavy atom. The van der Waals surface area contributed by atoms with Crippen molar-refractivity contribution in [2.45, 2.75) is 22.9 Å². The van der Waals surface area contributed by atoms with E-state index in [1.54, 1.807) is 66.4 Å². The fraction of sp³-hybridized carbons (Fsp3) is 0.296. The minimum absolute atomic E-state index is 0.191. The summed E-state index contributed by atoms with van der Waals surface area (Å²) in [5, 5.41) is 0. The number of benzene rings is 3. The molecule has 1 aliphatic rings. The highest BCUT2D eigenvalue weighted by molar-refractivity contribution is 7.98. The Morgan fingerprint density at radius 1 is 0.947 bits per heavy atom. The van der Waals surface area contributed by atoms with Gasteiger partial charge in [-0.3, -0.25) is 9.10 Å². The van der Waals surface area contributed by atoms with Crippen molar-refractivity contribution in [2.24, 2.45) is 0 Å². The second kappa shape index (κ2) is 11.3. The SMILES string of the molecule is CCN(c1ccc(C(=O)N2CCN(c3cccc(C(F)(F)F)c3)CC2)cc1)S(=O)(=O)c1ccc(SC)cc1. The van der Waals surface area contributed by atoms with Crippen LogP contribution in [0.4, 0.5) is 24.5 Å². The molecule has 1 fully saturated rings. The van der Waals surface area contributed by atoms with Crippen molar-refractivity contribution >= 4 is 39.1 Å². The molecule has 3 aromatic rings. The zero-order valence-corrected chi connectivity index (χ0v) is 22.6. The van der Waals surface area contributed by atoms with Crippen molar-refractivity contribution in [2.75, 3.05) is 48.2 Å². The molecule has 0 atom stereocenters. The number of anilines is 2. The molecule has 4 rings (SSSR count). The number of halogens is 3. The molecular formula is C27H28F3N3O3S2. The van der Waals surface area contributed by atoms with Crippen LogP contribution in [0.1, 0.15) is 22.8 Å². The molecule has 0 aliphatic carbocycles. The van der Waals surface area contributed by atoms with Gasteiger partial charge in [-0.1, -0.05) is 6.07 Å². The molecule has 38 heavy (non-hydrogen) atoms. The third-order valence-electron chi connectivity index (χ3n) is 6.44. The third kappa shape index (κ3) is 5.94. The van der Waals surface area contributed by atoms with Gasteiger partial charge in [0.25, 0.3) is 15.9 Å². The van der Waals surface area contributed by atoms with E-state index in [4.69, 9.17) is 0 Å². The molecule has 0 aromatic heterocycles. The number of alkyl halides is 3. The van der Waals surface area contributed by atoms with E-state index in [2.05, 4.69) is 0 Å². The lowest BCUT2D eigenvalue weighted by atomic mass is 10.1. The third-order valence-corrected chi connectivity index (χ3v) is 9.10. The van der Waals surface area contributed by atoms with Gasteiger partial charge in [0.05, 0.1) is 16.1 Å². The van der Waals surface area contributed by atoms with Crippen LogP contribution in [0.15, 0.2) is 82.6 Å². The monoisotopic (exact) mass is 563 g/mol. The molecule has 0 bridgehead atoms. The Labute approximate surface area is 225 Å². The summed E-state index contributed by atoms with van der Waals surface area (Å²) < 4.78 is 66.9. The van der Waals surface area contributed by atoms with Crippen molar-refractivity contribution in [1.29, 1.82) is 0 Å². The van der Waals surface area contributed by atoms with Gasteiger partial charge in [-0.15, -0.1) is 11.8 Å². The van der Waals surface area contributed by atoms with Crippen LogP contribution in [0.25, 0.3) is 0 Å². The number of carbonyl (C=O) groups excluding carboxylic acids is 1. The molecule has 6 nitrogen and oxygen atoms in total. The molecule has 0 unspecified atom stereocenters. The highest BCUT2D eigenvalue weighted by Gasteiger charge is 2.31. The van der Waals surface area contributed by atoms with Gasteiger partial charge >= 0.3 is 6.18 Å². The predicted octanol–water partition coefficient (Wildman–Crippen LogP) is 5.60. The summed E-state index contributed by atoms with van der Waals surface area (Å²) in [5.41, 5.74) is 0.639. The molecule has 0 radical (unpaired) electrons. The number of carbonyl (C=O) groups is 1. The smallest absolute Gasteiger partial charge is 0.368 e. The first-order chi connectivity index (χ1) is 18.0. The van der Waals surface area contributed by atoms with Crippen LogP contribution in [-0.2, 0) is 16.2 Å². The van der Waals surface area contributed by atoms with E-state index in [-0.39, 0.29) is 17.3 Å². The number of sulfonamides is 1. The van der Waals surface area contributed by atoms with E-state index in [9.17, 15) is 26.4 Å². The van der Waals surface area contributed by atoms with E-state index < -0.39 is 21.8 Å². The molecule has 11 heteroatoms. The zero-order chi connectivity index (χ0) is 27.5. The Bertz CT molecular complexity index is 1370. The van der Waals surface area contributed by atoms with Crippen LogP contribution in [-0.4, -0.2) is 58.2 Å². The number of hydrogen-bond acceptors (Lipinski definition) is 5. The molecule has 1 amide bonds. The van der Waals surface area contributed by atoms with Gasteiger partial charge in [-0.2, -0.15) is 13.2 Å². The Hall–Kier alpha value is -3.18. The van der Waals surface area contributed by atoms with Gasteiger partial charge in [0, 0.05) is 48.9 Å². The van der Waals surface area contributed by atoms with Crippen molar-refractivity contribution in [3.8, 4) is 0 Å². The summed E-state index contributed by atoms with van der Waals surface area (Å²) in [5.74, 6) is -0.209. The normalized spacial score (nSPS) is 14.4. The van der Waals surface area contributed by atoms with E-state index in [1.807, 2.05) is 11.2 Å². The summed E-state index contributed by atoms with van der Waals surface area (Å²) >= 11 is 1.53. The first kappa shape index (κ1) is 27.8. The van der Waals surface area contributed by atoms with Crippen LogP contribution < -0.4 is 9.21 Å².